The number of carbonyl (C=O) groups is 1. The van der Waals surface area contributed by atoms with E-state index in [-0.39, 0.29) is 11.3 Å². The highest BCUT2D eigenvalue weighted by molar-refractivity contribution is 7.80. The Balaban J connectivity index is 3.06. The fourth-order valence-corrected chi connectivity index (χ4v) is 1.21. The first kappa shape index (κ1) is 11.0. The van der Waals surface area contributed by atoms with E-state index in [0.29, 0.717) is 5.75 Å². The van der Waals surface area contributed by atoms with Crippen LogP contribution >= 0.6 is 12.6 Å². The molecule has 0 unspecified atom stereocenters. The van der Waals surface area contributed by atoms with E-state index in [9.17, 15) is 9.18 Å². The van der Waals surface area contributed by atoms with Gasteiger partial charge >= 0.3 is 0 Å². The number of carbonyl (C=O) groups excluding carboxylic acids is 1. The predicted molar refractivity (Wildman–Crippen MR) is 59.3 cm³/mol. The standard InChI is InChI=1S/C11H11FOS/c1-8(13)10-7-9(3-2-6-14)4-5-11(10)12/h2-5,7,14H,6H2,1H3. The lowest BCUT2D eigenvalue weighted by atomic mass is 10.1. The van der Waals surface area contributed by atoms with Gasteiger partial charge < -0.3 is 0 Å². The smallest absolute Gasteiger partial charge is 0.162 e. The summed E-state index contributed by atoms with van der Waals surface area (Å²) in [4.78, 5) is 11.0. The Labute approximate surface area is 88.0 Å². The molecule has 0 bridgehead atoms. The highest BCUT2D eigenvalue weighted by atomic mass is 32.1. The Morgan fingerprint density at radius 1 is 1.57 bits per heavy atom. The maximum Gasteiger partial charge on any atom is 0.162 e. The molecule has 0 heterocycles. The monoisotopic (exact) mass is 210 g/mol. The van der Waals surface area contributed by atoms with Crippen molar-refractivity contribution in [3.63, 3.8) is 0 Å². The van der Waals surface area contributed by atoms with Crippen molar-refractivity contribution in [1.29, 1.82) is 0 Å². The number of ketones is 1. The van der Waals surface area contributed by atoms with Gasteiger partial charge in [-0.2, -0.15) is 12.6 Å². The highest BCUT2D eigenvalue weighted by Gasteiger charge is 2.06. The molecule has 0 saturated carbocycles. The summed E-state index contributed by atoms with van der Waals surface area (Å²) < 4.78 is 13.1. The fourth-order valence-electron chi connectivity index (χ4n) is 1.11. The van der Waals surface area contributed by atoms with Crippen LogP contribution in [0.4, 0.5) is 4.39 Å². The summed E-state index contributed by atoms with van der Waals surface area (Å²) >= 11 is 4.01. The van der Waals surface area contributed by atoms with Crippen molar-refractivity contribution in [1.82, 2.24) is 0 Å². The van der Waals surface area contributed by atoms with Gasteiger partial charge in [-0.15, -0.1) is 0 Å². The van der Waals surface area contributed by atoms with Crippen molar-refractivity contribution in [3.8, 4) is 0 Å². The second-order valence-corrected chi connectivity index (χ2v) is 3.25. The number of rotatable bonds is 3. The summed E-state index contributed by atoms with van der Waals surface area (Å²) in [5.41, 5.74) is 0.942. The van der Waals surface area contributed by atoms with Gasteiger partial charge in [0.2, 0.25) is 0 Å². The third-order valence-electron chi connectivity index (χ3n) is 1.79. The van der Waals surface area contributed by atoms with Crippen LogP contribution in [0, 0.1) is 5.82 Å². The summed E-state index contributed by atoms with van der Waals surface area (Å²) in [6.45, 7) is 1.35. The molecule has 0 N–H and O–H groups in total. The second kappa shape index (κ2) is 4.96. The van der Waals surface area contributed by atoms with E-state index in [1.54, 1.807) is 12.1 Å². The number of hydrogen-bond acceptors (Lipinski definition) is 2. The largest absolute Gasteiger partial charge is 0.294 e. The molecule has 0 aromatic heterocycles. The molecule has 1 aromatic carbocycles. The SMILES string of the molecule is CC(=O)c1cc(C=CCS)ccc1F. The summed E-state index contributed by atoms with van der Waals surface area (Å²) in [5, 5.41) is 0. The van der Waals surface area contributed by atoms with Crippen LogP contribution in [0.2, 0.25) is 0 Å². The molecule has 0 spiro atoms. The predicted octanol–water partition coefficient (Wildman–Crippen LogP) is 2.97. The molecule has 0 amide bonds. The fraction of sp³-hybridized carbons (Fsp3) is 0.182. The molecular weight excluding hydrogens is 199 g/mol. The maximum absolute atomic E-state index is 13.1. The highest BCUT2D eigenvalue weighted by Crippen LogP contribution is 2.12. The van der Waals surface area contributed by atoms with Crippen molar-refractivity contribution < 1.29 is 9.18 Å². The van der Waals surface area contributed by atoms with E-state index in [1.807, 2.05) is 6.08 Å². The van der Waals surface area contributed by atoms with Gasteiger partial charge in [0.05, 0.1) is 5.56 Å². The van der Waals surface area contributed by atoms with Crippen molar-refractivity contribution in [2.45, 2.75) is 6.92 Å². The molecule has 74 valence electrons. The minimum absolute atomic E-state index is 0.131. The summed E-state index contributed by atoms with van der Waals surface area (Å²) in [7, 11) is 0. The number of thiol groups is 1. The summed E-state index contributed by atoms with van der Waals surface area (Å²) in [6.07, 6.45) is 3.64. The number of Topliss-reactive ketones (excluding diaryl/α,β-unsaturated/α-hetero) is 1. The Kier molecular flexibility index (Phi) is 3.89. The van der Waals surface area contributed by atoms with Crippen molar-refractivity contribution >= 4 is 24.5 Å². The van der Waals surface area contributed by atoms with E-state index >= 15 is 0 Å². The zero-order valence-corrected chi connectivity index (χ0v) is 8.72. The lowest BCUT2D eigenvalue weighted by molar-refractivity contribution is 0.101. The van der Waals surface area contributed by atoms with Crippen LogP contribution in [0.25, 0.3) is 6.08 Å². The average Bonchev–Trinajstić information content (AvgIpc) is 2.16. The van der Waals surface area contributed by atoms with Gasteiger partial charge in [-0.25, -0.2) is 4.39 Å². The quantitative estimate of drug-likeness (QED) is 0.599. The molecular formula is C11H11FOS. The molecule has 0 atom stereocenters. The second-order valence-electron chi connectivity index (χ2n) is 2.88. The summed E-state index contributed by atoms with van der Waals surface area (Å²) in [6, 6.07) is 4.47. The maximum atomic E-state index is 13.1. The number of benzene rings is 1. The zero-order valence-electron chi connectivity index (χ0n) is 7.83. The zero-order chi connectivity index (χ0) is 10.6. The third kappa shape index (κ3) is 2.70. The number of halogens is 1. The van der Waals surface area contributed by atoms with Gasteiger partial charge in [0.15, 0.2) is 5.78 Å². The van der Waals surface area contributed by atoms with E-state index in [2.05, 4.69) is 12.6 Å². The van der Waals surface area contributed by atoms with E-state index < -0.39 is 5.82 Å². The van der Waals surface area contributed by atoms with E-state index in [4.69, 9.17) is 0 Å². The van der Waals surface area contributed by atoms with Crippen LogP contribution in [0.1, 0.15) is 22.8 Å². The molecule has 1 nitrogen and oxygen atoms in total. The van der Waals surface area contributed by atoms with Gasteiger partial charge in [-0.1, -0.05) is 18.2 Å². The van der Waals surface area contributed by atoms with Crippen molar-refractivity contribution in [2.24, 2.45) is 0 Å². The third-order valence-corrected chi connectivity index (χ3v) is 2.00. The van der Waals surface area contributed by atoms with Gasteiger partial charge in [0.1, 0.15) is 5.82 Å². The van der Waals surface area contributed by atoms with Crippen LogP contribution in [-0.2, 0) is 0 Å². The molecule has 0 radical (unpaired) electrons. The Morgan fingerprint density at radius 2 is 2.29 bits per heavy atom. The molecule has 0 saturated heterocycles. The molecule has 14 heavy (non-hydrogen) atoms. The lowest BCUT2D eigenvalue weighted by Crippen LogP contribution is -1.96. The van der Waals surface area contributed by atoms with Gasteiger partial charge in [0.25, 0.3) is 0 Å². The normalized spacial score (nSPS) is 10.8. The number of hydrogen-bond donors (Lipinski definition) is 1. The van der Waals surface area contributed by atoms with E-state index in [1.165, 1.54) is 19.1 Å². The minimum atomic E-state index is -0.472. The molecule has 1 rings (SSSR count). The van der Waals surface area contributed by atoms with Crippen molar-refractivity contribution in [2.75, 3.05) is 5.75 Å². The van der Waals surface area contributed by atoms with Crippen LogP contribution in [0.5, 0.6) is 0 Å². The molecule has 0 aliphatic heterocycles. The Bertz CT molecular complexity index is 372. The van der Waals surface area contributed by atoms with Gasteiger partial charge in [0, 0.05) is 5.75 Å². The van der Waals surface area contributed by atoms with Crippen molar-refractivity contribution in [3.05, 3.63) is 41.2 Å². The topological polar surface area (TPSA) is 17.1 Å². The van der Waals surface area contributed by atoms with Crippen LogP contribution < -0.4 is 0 Å². The average molecular weight is 210 g/mol. The van der Waals surface area contributed by atoms with Crippen LogP contribution in [-0.4, -0.2) is 11.5 Å². The molecule has 0 aliphatic rings. The molecule has 0 aliphatic carbocycles. The van der Waals surface area contributed by atoms with E-state index in [0.717, 1.165) is 5.56 Å². The first-order valence-electron chi connectivity index (χ1n) is 4.23. The Morgan fingerprint density at radius 3 is 2.86 bits per heavy atom. The minimum Gasteiger partial charge on any atom is -0.294 e. The van der Waals surface area contributed by atoms with Crippen LogP contribution in [0.3, 0.4) is 0 Å². The first-order chi connectivity index (χ1) is 6.65. The molecule has 3 heteroatoms. The van der Waals surface area contributed by atoms with Crippen LogP contribution in [0.15, 0.2) is 24.3 Å². The lowest BCUT2D eigenvalue weighted by Gasteiger charge is -1.99. The van der Waals surface area contributed by atoms with Gasteiger partial charge in [-0.3, -0.25) is 4.79 Å². The molecule has 1 aromatic rings. The first-order valence-corrected chi connectivity index (χ1v) is 4.86. The summed E-state index contributed by atoms with van der Waals surface area (Å²) in [5.74, 6) is -0.114. The van der Waals surface area contributed by atoms with Gasteiger partial charge in [-0.05, 0) is 24.6 Å². The molecule has 0 fully saturated rings. The Hall–Kier alpha value is -1.09.